The molecule has 0 saturated heterocycles. The minimum Gasteiger partial charge on any atom is -0.298 e. The first-order valence-electron chi connectivity index (χ1n) is 7.50. The van der Waals surface area contributed by atoms with E-state index in [9.17, 15) is 9.59 Å². The molecule has 2 heterocycles. The van der Waals surface area contributed by atoms with E-state index >= 15 is 0 Å². The van der Waals surface area contributed by atoms with E-state index in [1.54, 1.807) is 23.5 Å². The maximum absolute atomic E-state index is 12.9. The molecule has 0 spiro atoms. The lowest BCUT2D eigenvalue weighted by molar-refractivity contribution is 0.509. The molecule has 22 heavy (non-hydrogen) atoms. The third-order valence-corrected chi connectivity index (χ3v) is 5.54. The fraction of sp³-hybridized carbons (Fsp3) is 0.294. The standard InChI is InChI=1S/C17H16N2O2S/c1-10-7-8-12-13(9-10)22-15-14(12)16(20)19(17(21)18-15)11-5-3-2-4-6-11/h2-6,10H,7-9H2,1H3,(H,18,21). The smallest absolute Gasteiger partial charge is 0.298 e. The number of rotatable bonds is 1. The Balaban J connectivity index is 2.05. The summed E-state index contributed by atoms with van der Waals surface area (Å²) < 4.78 is 1.24. The molecule has 1 unspecified atom stereocenters. The van der Waals surface area contributed by atoms with Crippen molar-refractivity contribution >= 4 is 21.6 Å². The van der Waals surface area contributed by atoms with E-state index in [0.717, 1.165) is 29.7 Å². The molecule has 0 saturated carbocycles. The number of thiophene rings is 1. The van der Waals surface area contributed by atoms with Crippen LogP contribution in [0, 0.1) is 5.92 Å². The Morgan fingerprint density at radius 3 is 2.77 bits per heavy atom. The van der Waals surface area contributed by atoms with Gasteiger partial charge in [0.2, 0.25) is 0 Å². The van der Waals surface area contributed by atoms with E-state index in [0.29, 0.717) is 17.0 Å². The number of hydrogen-bond acceptors (Lipinski definition) is 3. The maximum atomic E-state index is 12.9. The first-order valence-corrected chi connectivity index (χ1v) is 8.32. The van der Waals surface area contributed by atoms with Crippen LogP contribution in [0.25, 0.3) is 15.9 Å². The molecule has 1 aliphatic rings. The number of benzene rings is 1. The molecule has 1 aliphatic carbocycles. The van der Waals surface area contributed by atoms with Gasteiger partial charge in [-0.3, -0.25) is 9.78 Å². The number of para-hydroxylation sites is 1. The van der Waals surface area contributed by atoms with E-state index in [1.807, 2.05) is 18.2 Å². The van der Waals surface area contributed by atoms with Gasteiger partial charge < -0.3 is 0 Å². The molecule has 1 aromatic carbocycles. The topological polar surface area (TPSA) is 54.9 Å². The van der Waals surface area contributed by atoms with Gasteiger partial charge in [-0.2, -0.15) is 0 Å². The number of fused-ring (bicyclic) bond motifs is 3. The van der Waals surface area contributed by atoms with Crippen molar-refractivity contribution in [3.05, 3.63) is 61.6 Å². The summed E-state index contributed by atoms with van der Waals surface area (Å²) >= 11 is 1.57. The molecule has 4 nitrogen and oxygen atoms in total. The van der Waals surface area contributed by atoms with Gasteiger partial charge in [-0.05, 0) is 42.9 Å². The van der Waals surface area contributed by atoms with E-state index in [-0.39, 0.29) is 11.2 Å². The SMILES string of the molecule is CC1CCc2c(sc3[nH]c(=O)n(-c4ccccc4)c(=O)c23)C1. The Hall–Kier alpha value is -2.14. The van der Waals surface area contributed by atoms with Gasteiger partial charge in [-0.15, -0.1) is 11.3 Å². The van der Waals surface area contributed by atoms with Crippen LogP contribution < -0.4 is 11.2 Å². The lowest BCUT2D eigenvalue weighted by Gasteiger charge is -2.17. The van der Waals surface area contributed by atoms with Crippen LogP contribution in [0.4, 0.5) is 0 Å². The van der Waals surface area contributed by atoms with Crippen LogP contribution in [0.15, 0.2) is 39.9 Å². The maximum Gasteiger partial charge on any atom is 0.334 e. The monoisotopic (exact) mass is 312 g/mol. The Morgan fingerprint density at radius 1 is 1.23 bits per heavy atom. The molecule has 1 atom stereocenters. The zero-order chi connectivity index (χ0) is 15.3. The van der Waals surface area contributed by atoms with Crippen LogP contribution in [0.1, 0.15) is 23.8 Å². The van der Waals surface area contributed by atoms with E-state index in [1.165, 1.54) is 9.44 Å². The minimum absolute atomic E-state index is 0.197. The zero-order valence-corrected chi connectivity index (χ0v) is 13.1. The number of nitrogens with zero attached hydrogens (tertiary/aromatic N) is 1. The quantitative estimate of drug-likeness (QED) is 0.751. The van der Waals surface area contributed by atoms with Crippen LogP contribution in [0.2, 0.25) is 0 Å². The second kappa shape index (κ2) is 4.95. The van der Waals surface area contributed by atoms with Crippen molar-refractivity contribution in [2.75, 3.05) is 0 Å². The summed E-state index contributed by atoms with van der Waals surface area (Å²) in [6.45, 7) is 2.23. The molecular weight excluding hydrogens is 296 g/mol. The molecule has 0 bridgehead atoms. The van der Waals surface area contributed by atoms with Gasteiger partial charge in [0.05, 0.1) is 11.1 Å². The predicted molar refractivity (Wildman–Crippen MR) is 89.2 cm³/mol. The van der Waals surface area contributed by atoms with Gasteiger partial charge in [-0.25, -0.2) is 9.36 Å². The highest BCUT2D eigenvalue weighted by Gasteiger charge is 2.23. The van der Waals surface area contributed by atoms with Crippen LogP contribution in [0.5, 0.6) is 0 Å². The van der Waals surface area contributed by atoms with Crippen molar-refractivity contribution in [3.8, 4) is 5.69 Å². The zero-order valence-electron chi connectivity index (χ0n) is 12.3. The number of nitrogens with one attached hydrogen (secondary N) is 1. The summed E-state index contributed by atoms with van der Waals surface area (Å²) in [5.41, 5.74) is 1.19. The molecule has 5 heteroatoms. The highest BCUT2D eigenvalue weighted by atomic mass is 32.1. The molecule has 112 valence electrons. The molecule has 4 rings (SSSR count). The van der Waals surface area contributed by atoms with Crippen molar-refractivity contribution < 1.29 is 0 Å². The molecule has 0 aliphatic heterocycles. The summed E-state index contributed by atoms with van der Waals surface area (Å²) in [6, 6.07) is 9.09. The van der Waals surface area contributed by atoms with E-state index < -0.39 is 0 Å². The summed E-state index contributed by atoms with van der Waals surface area (Å²) in [7, 11) is 0. The van der Waals surface area contributed by atoms with Crippen molar-refractivity contribution in [2.45, 2.75) is 26.2 Å². The molecular formula is C17H16N2O2S. The average Bonchev–Trinajstić information content (AvgIpc) is 2.85. The van der Waals surface area contributed by atoms with Gasteiger partial charge in [-0.1, -0.05) is 25.1 Å². The molecule has 2 aromatic heterocycles. The fourth-order valence-electron chi connectivity index (χ4n) is 3.23. The summed E-state index contributed by atoms with van der Waals surface area (Å²) in [4.78, 5) is 30.1. The summed E-state index contributed by atoms with van der Waals surface area (Å²) in [5, 5.41) is 0.704. The third kappa shape index (κ3) is 1.96. The van der Waals surface area contributed by atoms with Crippen molar-refractivity contribution in [1.29, 1.82) is 0 Å². The second-order valence-corrected chi connectivity index (χ2v) is 7.07. The molecule has 3 aromatic rings. The summed E-state index contributed by atoms with van der Waals surface area (Å²) in [6.07, 6.45) is 3.02. The number of aryl methyl sites for hydroxylation is 1. The van der Waals surface area contributed by atoms with Crippen LogP contribution in [0.3, 0.4) is 0 Å². The molecule has 1 N–H and O–H groups in total. The van der Waals surface area contributed by atoms with Gasteiger partial charge in [0.1, 0.15) is 4.83 Å². The second-order valence-electron chi connectivity index (χ2n) is 5.96. The largest absolute Gasteiger partial charge is 0.334 e. The third-order valence-electron chi connectivity index (χ3n) is 4.37. The Morgan fingerprint density at radius 2 is 2.00 bits per heavy atom. The Labute approximate surface area is 131 Å². The normalized spacial score (nSPS) is 17.6. The van der Waals surface area contributed by atoms with Crippen LogP contribution in [-0.2, 0) is 12.8 Å². The highest BCUT2D eigenvalue weighted by molar-refractivity contribution is 7.18. The van der Waals surface area contributed by atoms with Crippen molar-refractivity contribution in [3.63, 3.8) is 0 Å². The average molecular weight is 312 g/mol. The predicted octanol–water partition coefficient (Wildman–Crippen LogP) is 2.87. The van der Waals surface area contributed by atoms with Crippen molar-refractivity contribution in [1.82, 2.24) is 9.55 Å². The number of aromatic amines is 1. The van der Waals surface area contributed by atoms with Crippen molar-refractivity contribution in [2.24, 2.45) is 5.92 Å². The number of hydrogen-bond donors (Lipinski definition) is 1. The number of H-pyrrole nitrogens is 1. The highest BCUT2D eigenvalue weighted by Crippen LogP contribution is 2.35. The van der Waals surface area contributed by atoms with Gasteiger partial charge >= 0.3 is 5.69 Å². The van der Waals surface area contributed by atoms with Gasteiger partial charge in [0.15, 0.2) is 0 Å². The first kappa shape index (κ1) is 13.5. The first-order chi connectivity index (χ1) is 10.6. The summed E-state index contributed by atoms with van der Waals surface area (Å²) in [5.74, 6) is 0.642. The molecule has 0 fully saturated rings. The fourth-order valence-corrected chi connectivity index (χ4v) is 4.63. The Bertz CT molecular complexity index is 966. The van der Waals surface area contributed by atoms with Crippen LogP contribution in [-0.4, -0.2) is 9.55 Å². The molecule has 0 amide bonds. The molecule has 0 radical (unpaired) electrons. The lowest BCUT2D eigenvalue weighted by Crippen LogP contribution is -2.33. The van der Waals surface area contributed by atoms with Gasteiger partial charge in [0.25, 0.3) is 5.56 Å². The lowest BCUT2D eigenvalue weighted by atomic mass is 9.89. The van der Waals surface area contributed by atoms with Gasteiger partial charge in [0, 0.05) is 4.88 Å². The van der Waals surface area contributed by atoms with Crippen LogP contribution >= 0.6 is 11.3 Å². The number of aromatic nitrogens is 2. The van der Waals surface area contributed by atoms with E-state index in [4.69, 9.17) is 0 Å². The minimum atomic E-state index is -0.365. The Kier molecular flexibility index (Phi) is 3.04. The van der Waals surface area contributed by atoms with E-state index in [2.05, 4.69) is 11.9 Å².